The van der Waals surface area contributed by atoms with Gasteiger partial charge in [0.2, 0.25) is 0 Å². The van der Waals surface area contributed by atoms with E-state index in [4.69, 9.17) is 21.5 Å². The smallest absolute Gasteiger partial charge is 0.277 e. The summed E-state index contributed by atoms with van der Waals surface area (Å²) < 4.78 is 0. The predicted molar refractivity (Wildman–Crippen MR) is 147 cm³/mol. The topological polar surface area (TPSA) is 151 Å². The molecule has 37 heavy (non-hydrogen) atoms. The molecular weight excluding hydrogens is 466 g/mol. The van der Waals surface area contributed by atoms with Gasteiger partial charge in [-0.1, -0.05) is 37.8 Å². The van der Waals surface area contributed by atoms with E-state index in [1.165, 1.54) is 31.2 Å². The van der Waals surface area contributed by atoms with Crippen LogP contribution in [0.2, 0.25) is 0 Å². The first-order valence-electron chi connectivity index (χ1n) is 13.4. The molecule has 0 amide bonds. The van der Waals surface area contributed by atoms with E-state index in [0.717, 1.165) is 63.3 Å². The minimum Gasteiger partial charge on any atom is -0.386 e. The van der Waals surface area contributed by atoms with Crippen molar-refractivity contribution in [3.63, 3.8) is 0 Å². The highest BCUT2D eigenvalue weighted by Gasteiger charge is 2.22. The molecule has 1 saturated carbocycles. The molecule has 0 atom stereocenters. The summed E-state index contributed by atoms with van der Waals surface area (Å²) in [5, 5.41) is 14.0. The SMILES string of the molecule is N/N=C(\N)CC1CCN(Cc2ccc(Nc3nc(C4CCCCCC4)nc4cn[nH]c(=O)c34)cc2)CC1. The maximum Gasteiger partial charge on any atom is 0.277 e. The number of hydrogen-bond acceptors (Lipinski definition) is 8. The number of hydrazone groups is 1. The van der Waals surface area contributed by atoms with E-state index in [-0.39, 0.29) is 5.56 Å². The van der Waals surface area contributed by atoms with E-state index in [1.54, 1.807) is 6.20 Å². The maximum atomic E-state index is 12.6. The van der Waals surface area contributed by atoms with Crippen molar-refractivity contribution in [1.29, 1.82) is 0 Å². The fourth-order valence-corrected chi connectivity index (χ4v) is 5.62. The first kappa shape index (κ1) is 25.1. The lowest BCUT2D eigenvalue weighted by molar-refractivity contribution is 0.180. The third-order valence-electron chi connectivity index (χ3n) is 7.75. The fourth-order valence-electron chi connectivity index (χ4n) is 5.62. The zero-order valence-corrected chi connectivity index (χ0v) is 21.3. The summed E-state index contributed by atoms with van der Waals surface area (Å²) in [7, 11) is 0. The van der Waals surface area contributed by atoms with Crippen molar-refractivity contribution < 1.29 is 0 Å². The van der Waals surface area contributed by atoms with E-state index in [9.17, 15) is 4.79 Å². The van der Waals surface area contributed by atoms with E-state index in [2.05, 4.69) is 49.8 Å². The summed E-state index contributed by atoms with van der Waals surface area (Å²) in [6, 6.07) is 8.37. The number of nitrogens with one attached hydrogen (secondary N) is 2. The second kappa shape index (κ2) is 11.7. The maximum absolute atomic E-state index is 12.6. The van der Waals surface area contributed by atoms with Gasteiger partial charge in [0.25, 0.3) is 5.56 Å². The Morgan fingerprint density at radius 1 is 1.05 bits per heavy atom. The van der Waals surface area contributed by atoms with Gasteiger partial charge in [0.05, 0.1) is 6.20 Å². The van der Waals surface area contributed by atoms with Gasteiger partial charge in [0.15, 0.2) is 0 Å². The van der Waals surface area contributed by atoms with Crippen LogP contribution < -0.4 is 22.5 Å². The van der Waals surface area contributed by atoms with Crippen LogP contribution in [0.4, 0.5) is 11.5 Å². The van der Waals surface area contributed by atoms with Crippen LogP contribution in [0, 0.1) is 5.92 Å². The minimum atomic E-state index is -0.285. The molecule has 1 aliphatic carbocycles. The highest BCUT2D eigenvalue weighted by molar-refractivity contribution is 5.89. The lowest BCUT2D eigenvalue weighted by Gasteiger charge is -2.31. The predicted octanol–water partition coefficient (Wildman–Crippen LogP) is 3.73. The number of fused-ring (bicyclic) bond motifs is 1. The standard InChI is InChI=1S/C27H37N9O/c28-23(34-29)15-18-11-13-36(14-12-18)17-19-7-9-21(10-8-19)31-26-24-22(16-30-35-27(24)37)32-25(33-26)20-5-3-1-2-4-6-20/h7-10,16,18,20H,1-6,11-15,17,29H2,(H2,28,34)(H,35,37)(H,31,32,33). The molecule has 2 aliphatic rings. The molecule has 2 fully saturated rings. The Labute approximate surface area is 216 Å². The third kappa shape index (κ3) is 6.25. The molecule has 1 aromatic carbocycles. The third-order valence-corrected chi connectivity index (χ3v) is 7.75. The summed E-state index contributed by atoms with van der Waals surface area (Å²) in [6.45, 7) is 2.98. The van der Waals surface area contributed by atoms with E-state index in [0.29, 0.717) is 34.4 Å². The molecule has 1 aliphatic heterocycles. The molecule has 3 aromatic rings. The highest BCUT2D eigenvalue weighted by atomic mass is 16.1. The number of aromatic amines is 1. The van der Waals surface area contributed by atoms with Crippen molar-refractivity contribution >= 4 is 28.2 Å². The van der Waals surface area contributed by atoms with Gasteiger partial charge in [-0.2, -0.15) is 10.2 Å². The summed E-state index contributed by atoms with van der Waals surface area (Å²) >= 11 is 0. The molecule has 1 saturated heterocycles. The average molecular weight is 504 g/mol. The Bertz CT molecular complexity index is 1270. The average Bonchev–Trinajstić information content (AvgIpc) is 3.20. The number of nitrogens with two attached hydrogens (primary N) is 2. The zero-order valence-electron chi connectivity index (χ0n) is 21.3. The van der Waals surface area contributed by atoms with Crippen molar-refractivity contribution in [3.8, 4) is 0 Å². The summed E-state index contributed by atoms with van der Waals surface area (Å²) in [4.78, 5) is 24.7. The summed E-state index contributed by atoms with van der Waals surface area (Å²) in [5.74, 6) is 8.05. The number of piperidine rings is 1. The number of benzene rings is 1. The number of hydrogen-bond donors (Lipinski definition) is 4. The summed E-state index contributed by atoms with van der Waals surface area (Å²) in [5.41, 5.74) is 8.24. The molecule has 10 nitrogen and oxygen atoms in total. The Morgan fingerprint density at radius 3 is 2.49 bits per heavy atom. The number of nitrogens with zero attached hydrogens (tertiary/aromatic N) is 5. The van der Waals surface area contributed by atoms with Crippen LogP contribution in [0.3, 0.4) is 0 Å². The highest BCUT2D eigenvalue weighted by Crippen LogP contribution is 2.32. The molecule has 196 valence electrons. The quantitative estimate of drug-likeness (QED) is 0.125. The minimum absolute atomic E-state index is 0.285. The number of amidine groups is 1. The first-order chi connectivity index (χ1) is 18.1. The van der Waals surface area contributed by atoms with Crippen LogP contribution in [0.5, 0.6) is 0 Å². The zero-order chi connectivity index (χ0) is 25.6. The van der Waals surface area contributed by atoms with Gasteiger partial charge in [0.1, 0.15) is 28.4 Å². The second-order valence-corrected chi connectivity index (χ2v) is 10.4. The number of likely N-dealkylation sites (tertiary alicyclic amines) is 1. The molecule has 5 rings (SSSR count). The van der Waals surface area contributed by atoms with Crippen LogP contribution in [-0.4, -0.2) is 44.0 Å². The van der Waals surface area contributed by atoms with Crippen LogP contribution in [0.15, 0.2) is 40.4 Å². The normalized spacial score (nSPS) is 18.6. The van der Waals surface area contributed by atoms with Gasteiger partial charge in [-0.25, -0.2) is 15.1 Å². The van der Waals surface area contributed by atoms with Crippen LogP contribution in [-0.2, 0) is 6.54 Å². The Kier molecular flexibility index (Phi) is 7.93. The fraction of sp³-hybridized carbons (Fsp3) is 0.519. The molecule has 0 spiro atoms. The van der Waals surface area contributed by atoms with E-state index < -0.39 is 0 Å². The number of aromatic nitrogens is 4. The summed E-state index contributed by atoms with van der Waals surface area (Å²) in [6.07, 6.45) is 11.7. The molecule has 0 unspecified atom stereocenters. The monoisotopic (exact) mass is 503 g/mol. The van der Waals surface area contributed by atoms with E-state index >= 15 is 0 Å². The van der Waals surface area contributed by atoms with Gasteiger partial charge in [-0.15, -0.1) is 0 Å². The molecule has 0 bridgehead atoms. The lowest BCUT2D eigenvalue weighted by atomic mass is 9.93. The molecule has 10 heteroatoms. The Morgan fingerprint density at radius 2 is 1.78 bits per heavy atom. The molecule has 6 N–H and O–H groups in total. The lowest BCUT2D eigenvalue weighted by Crippen LogP contribution is -2.34. The van der Waals surface area contributed by atoms with Crippen LogP contribution in [0.25, 0.3) is 10.9 Å². The van der Waals surface area contributed by atoms with Gasteiger partial charge < -0.3 is 16.9 Å². The first-order valence-corrected chi connectivity index (χ1v) is 13.4. The van der Waals surface area contributed by atoms with Crippen molar-refractivity contribution in [2.24, 2.45) is 22.6 Å². The number of H-pyrrole nitrogens is 1. The molecule has 2 aromatic heterocycles. The van der Waals surface area contributed by atoms with Crippen molar-refractivity contribution in [3.05, 3.63) is 52.2 Å². The number of anilines is 2. The van der Waals surface area contributed by atoms with Crippen molar-refractivity contribution in [2.45, 2.75) is 70.3 Å². The molecule has 0 radical (unpaired) electrons. The Balaban J connectivity index is 1.28. The van der Waals surface area contributed by atoms with Gasteiger partial charge >= 0.3 is 0 Å². The van der Waals surface area contributed by atoms with Crippen LogP contribution >= 0.6 is 0 Å². The van der Waals surface area contributed by atoms with E-state index in [1.807, 2.05) is 0 Å². The van der Waals surface area contributed by atoms with Gasteiger partial charge in [-0.3, -0.25) is 9.69 Å². The number of rotatable bonds is 7. The van der Waals surface area contributed by atoms with Crippen LogP contribution in [0.1, 0.15) is 75.1 Å². The molecule has 3 heterocycles. The van der Waals surface area contributed by atoms with Crippen molar-refractivity contribution in [2.75, 3.05) is 18.4 Å². The molecular formula is C27H37N9O. The van der Waals surface area contributed by atoms with Gasteiger partial charge in [0, 0.05) is 24.6 Å². The van der Waals surface area contributed by atoms with Crippen molar-refractivity contribution in [1.82, 2.24) is 25.1 Å². The van der Waals surface area contributed by atoms with Gasteiger partial charge in [-0.05, 0) is 62.4 Å². The Hall–Kier alpha value is -3.53. The second-order valence-electron chi connectivity index (χ2n) is 10.4. The largest absolute Gasteiger partial charge is 0.386 e.